The van der Waals surface area contributed by atoms with Gasteiger partial charge in [0.2, 0.25) is 5.91 Å². The van der Waals surface area contributed by atoms with Crippen molar-refractivity contribution < 1.29 is 4.79 Å². The number of rotatable bonds is 15. The molecule has 0 saturated heterocycles. The van der Waals surface area contributed by atoms with E-state index in [-0.39, 0.29) is 0 Å². The lowest BCUT2D eigenvalue weighted by Crippen LogP contribution is -2.19. The van der Waals surface area contributed by atoms with Crippen LogP contribution < -0.4 is 11.6 Å². The Labute approximate surface area is 208 Å². The Morgan fingerprint density at radius 2 is 1.94 bits per heavy atom. The van der Waals surface area contributed by atoms with E-state index in [0.29, 0.717) is 22.7 Å². The molecule has 34 heavy (non-hydrogen) atoms. The van der Waals surface area contributed by atoms with E-state index in [1.807, 2.05) is 0 Å². The molecule has 2 aromatic carbocycles. The number of carbonyl (C=O) groups is 1. The lowest BCUT2D eigenvalue weighted by atomic mass is 10.0. The monoisotopic (exact) mass is 481 g/mol. The number of benzene rings is 2. The van der Waals surface area contributed by atoms with Crippen LogP contribution in [0.15, 0.2) is 63.5 Å². The SMILES string of the molecule is CCC(C)CCCCCN(C)Cc1cccc(SC/C(C=Nc2cccc(C(N)=O)c2)=N/N)c1. The van der Waals surface area contributed by atoms with Gasteiger partial charge in [-0.1, -0.05) is 57.7 Å². The largest absolute Gasteiger partial charge is 0.366 e. The van der Waals surface area contributed by atoms with Gasteiger partial charge in [0.25, 0.3) is 0 Å². The number of hydrogen-bond acceptors (Lipinski definition) is 6. The molecule has 7 heteroatoms. The van der Waals surface area contributed by atoms with Crippen LogP contribution in [0.2, 0.25) is 0 Å². The van der Waals surface area contributed by atoms with Crippen molar-refractivity contribution in [2.24, 2.45) is 27.6 Å². The number of unbranched alkanes of at least 4 members (excludes halogenated alkanes) is 2. The molecule has 184 valence electrons. The predicted molar refractivity (Wildman–Crippen MR) is 146 cm³/mol. The number of primary amides is 1. The Hall–Kier alpha value is -2.64. The van der Waals surface area contributed by atoms with E-state index in [1.54, 1.807) is 42.2 Å². The van der Waals surface area contributed by atoms with Gasteiger partial charge in [-0.15, -0.1) is 11.8 Å². The molecule has 0 heterocycles. The summed E-state index contributed by atoms with van der Waals surface area (Å²) in [6, 6.07) is 15.5. The van der Waals surface area contributed by atoms with E-state index in [9.17, 15) is 4.79 Å². The van der Waals surface area contributed by atoms with Gasteiger partial charge in [0, 0.05) is 22.8 Å². The van der Waals surface area contributed by atoms with E-state index in [1.165, 1.54) is 42.6 Å². The van der Waals surface area contributed by atoms with Crippen molar-refractivity contribution in [1.82, 2.24) is 4.90 Å². The van der Waals surface area contributed by atoms with Crippen molar-refractivity contribution in [2.45, 2.75) is 57.4 Å². The van der Waals surface area contributed by atoms with E-state index in [4.69, 9.17) is 11.6 Å². The van der Waals surface area contributed by atoms with Crippen LogP contribution in [0.5, 0.6) is 0 Å². The average Bonchev–Trinajstić information content (AvgIpc) is 2.84. The number of aliphatic imine (C=N–C) groups is 1. The van der Waals surface area contributed by atoms with Gasteiger partial charge >= 0.3 is 0 Å². The molecule has 1 amide bonds. The Balaban J connectivity index is 1.81. The van der Waals surface area contributed by atoms with Crippen molar-refractivity contribution in [3.63, 3.8) is 0 Å². The lowest BCUT2D eigenvalue weighted by molar-refractivity contribution is 0.100. The van der Waals surface area contributed by atoms with Crippen LogP contribution in [0.25, 0.3) is 0 Å². The van der Waals surface area contributed by atoms with Crippen LogP contribution in [-0.4, -0.2) is 42.1 Å². The Morgan fingerprint density at radius 3 is 2.68 bits per heavy atom. The quantitative estimate of drug-likeness (QED) is 0.113. The number of nitrogens with zero attached hydrogens (tertiary/aromatic N) is 3. The van der Waals surface area contributed by atoms with Gasteiger partial charge in [0.15, 0.2) is 0 Å². The fourth-order valence-corrected chi connectivity index (χ4v) is 4.41. The predicted octanol–water partition coefficient (Wildman–Crippen LogP) is 5.63. The molecule has 0 aromatic heterocycles. The standard InChI is InChI=1S/C27H39N5OS/c1-4-21(2)10-6-5-7-15-32(3)19-22-11-8-14-26(16-22)34-20-25(31-29)18-30-24-13-9-12-23(17-24)27(28)33/h8-9,11-14,16-18,21H,4-7,10,15,19-20,29H2,1-3H3,(H2,28,33)/b30-18?,31-25+. The third-order valence-electron chi connectivity index (χ3n) is 5.83. The Bertz CT molecular complexity index is 960. The summed E-state index contributed by atoms with van der Waals surface area (Å²) in [6.07, 6.45) is 8.15. The molecular formula is C27H39N5OS. The van der Waals surface area contributed by atoms with Gasteiger partial charge < -0.3 is 16.5 Å². The molecule has 0 aliphatic rings. The van der Waals surface area contributed by atoms with Crippen molar-refractivity contribution >= 4 is 35.3 Å². The van der Waals surface area contributed by atoms with Gasteiger partial charge in [0.05, 0.1) is 17.6 Å². The summed E-state index contributed by atoms with van der Waals surface area (Å²) >= 11 is 1.67. The number of nitrogens with two attached hydrogens (primary N) is 2. The summed E-state index contributed by atoms with van der Waals surface area (Å²) in [4.78, 5) is 19.3. The number of amides is 1. The third kappa shape index (κ3) is 10.5. The van der Waals surface area contributed by atoms with Crippen LogP contribution >= 0.6 is 11.8 Å². The van der Waals surface area contributed by atoms with Crippen molar-refractivity contribution in [3.8, 4) is 0 Å². The molecular weight excluding hydrogens is 442 g/mol. The first-order valence-electron chi connectivity index (χ1n) is 12.0. The summed E-state index contributed by atoms with van der Waals surface area (Å²) in [7, 11) is 2.19. The van der Waals surface area contributed by atoms with E-state index < -0.39 is 5.91 Å². The summed E-state index contributed by atoms with van der Waals surface area (Å²) in [5, 5.41) is 3.86. The number of hydrogen-bond donors (Lipinski definition) is 2. The first-order chi connectivity index (χ1) is 16.4. The molecule has 6 nitrogen and oxygen atoms in total. The van der Waals surface area contributed by atoms with Crippen LogP contribution in [0.1, 0.15) is 61.9 Å². The molecule has 1 unspecified atom stereocenters. The number of hydrazone groups is 1. The molecule has 0 saturated carbocycles. The molecule has 0 bridgehead atoms. The summed E-state index contributed by atoms with van der Waals surface area (Å²) in [6.45, 7) is 6.68. The molecule has 0 aliphatic carbocycles. The highest BCUT2D eigenvalue weighted by Gasteiger charge is 2.05. The van der Waals surface area contributed by atoms with Crippen LogP contribution in [0.3, 0.4) is 0 Å². The molecule has 1 atom stereocenters. The fraction of sp³-hybridized carbons (Fsp3) is 0.444. The highest BCUT2D eigenvalue weighted by Crippen LogP contribution is 2.21. The maximum atomic E-state index is 11.3. The van der Waals surface area contributed by atoms with E-state index in [0.717, 1.165) is 19.0 Å². The van der Waals surface area contributed by atoms with Gasteiger partial charge in [0.1, 0.15) is 0 Å². The van der Waals surface area contributed by atoms with Crippen molar-refractivity contribution in [3.05, 3.63) is 59.7 Å². The number of thioether (sulfide) groups is 1. The molecule has 4 N–H and O–H groups in total. The third-order valence-corrected chi connectivity index (χ3v) is 6.86. The highest BCUT2D eigenvalue weighted by atomic mass is 32.2. The maximum Gasteiger partial charge on any atom is 0.248 e. The van der Waals surface area contributed by atoms with Crippen molar-refractivity contribution in [1.29, 1.82) is 0 Å². The topological polar surface area (TPSA) is 97.1 Å². The number of carbonyl (C=O) groups excluding carboxylic acids is 1. The lowest BCUT2D eigenvalue weighted by Gasteiger charge is -2.17. The second-order valence-electron chi connectivity index (χ2n) is 8.83. The minimum Gasteiger partial charge on any atom is -0.366 e. The van der Waals surface area contributed by atoms with Crippen molar-refractivity contribution in [2.75, 3.05) is 19.3 Å². The highest BCUT2D eigenvalue weighted by molar-refractivity contribution is 8.00. The zero-order chi connectivity index (χ0) is 24.8. The smallest absolute Gasteiger partial charge is 0.248 e. The van der Waals surface area contributed by atoms with Gasteiger partial charge in [-0.25, -0.2) is 0 Å². The van der Waals surface area contributed by atoms with Gasteiger partial charge in [-0.3, -0.25) is 9.79 Å². The molecule has 0 fully saturated rings. The van der Waals surface area contributed by atoms with E-state index in [2.05, 4.69) is 60.2 Å². The summed E-state index contributed by atoms with van der Waals surface area (Å²) < 4.78 is 0. The molecule has 2 aromatic rings. The first-order valence-corrected chi connectivity index (χ1v) is 13.0. The van der Waals surface area contributed by atoms with Crippen LogP contribution in [-0.2, 0) is 6.54 Å². The minimum atomic E-state index is -0.479. The van der Waals surface area contributed by atoms with Crippen LogP contribution in [0, 0.1) is 5.92 Å². The Morgan fingerprint density at radius 1 is 1.15 bits per heavy atom. The molecule has 0 radical (unpaired) electrons. The molecule has 0 aliphatic heterocycles. The summed E-state index contributed by atoms with van der Waals surface area (Å²) in [5.41, 5.74) is 8.34. The average molecular weight is 482 g/mol. The minimum absolute atomic E-state index is 0.420. The molecule has 0 spiro atoms. The fourth-order valence-electron chi connectivity index (χ4n) is 3.53. The Kier molecular flexibility index (Phi) is 12.4. The second-order valence-corrected chi connectivity index (χ2v) is 9.88. The normalized spacial score (nSPS) is 13.0. The van der Waals surface area contributed by atoms with Gasteiger partial charge in [-0.2, -0.15) is 5.10 Å². The zero-order valence-corrected chi connectivity index (χ0v) is 21.6. The first kappa shape index (κ1) is 27.6. The van der Waals surface area contributed by atoms with E-state index >= 15 is 0 Å². The molecule has 2 rings (SSSR count). The van der Waals surface area contributed by atoms with Gasteiger partial charge in [-0.05, 0) is 61.8 Å². The maximum absolute atomic E-state index is 11.3. The second kappa shape index (κ2) is 15.3. The zero-order valence-electron chi connectivity index (χ0n) is 20.7. The van der Waals surface area contributed by atoms with Crippen LogP contribution in [0.4, 0.5) is 5.69 Å². The summed E-state index contributed by atoms with van der Waals surface area (Å²) in [5.74, 6) is 6.54.